The number of nitrogens with one attached hydrogen (secondary N) is 1. The maximum Gasteiger partial charge on any atom is 0.264 e. The van der Waals surface area contributed by atoms with Crippen LogP contribution in [0.3, 0.4) is 0 Å². The molecule has 0 radical (unpaired) electrons. The van der Waals surface area contributed by atoms with E-state index in [1.54, 1.807) is 7.11 Å². The zero-order chi connectivity index (χ0) is 16.5. The monoisotopic (exact) mass is 341 g/mol. The first-order valence-corrected chi connectivity index (χ1v) is 8.99. The number of H-pyrrole nitrogens is 1. The molecule has 124 valence electrons. The number of piperidine rings is 1. The Kier molecular flexibility index (Phi) is 3.98. The highest BCUT2D eigenvalue weighted by molar-refractivity contribution is 7.12. The summed E-state index contributed by atoms with van der Waals surface area (Å²) in [5.74, 6) is 2.08. The summed E-state index contributed by atoms with van der Waals surface area (Å²) < 4.78 is 5.18. The lowest BCUT2D eigenvalue weighted by Crippen LogP contribution is -2.39. The lowest BCUT2D eigenvalue weighted by molar-refractivity contribution is 0.0709. The van der Waals surface area contributed by atoms with Crippen molar-refractivity contribution >= 4 is 28.3 Å². The third-order valence-corrected chi connectivity index (χ3v) is 5.42. The molecule has 2 aromatic heterocycles. The van der Waals surface area contributed by atoms with Crippen LogP contribution in [0, 0.1) is 0 Å². The van der Waals surface area contributed by atoms with E-state index in [-0.39, 0.29) is 11.8 Å². The molecular formula is C18H19N3O2S. The fourth-order valence-electron chi connectivity index (χ4n) is 3.24. The van der Waals surface area contributed by atoms with Gasteiger partial charge in [-0.1, -0.05) is 12.1 Å². The van der Waals surface area contributed by atoms with E-state index in [1.807, 2.05) is 40.6 Å². The Morgan fingerprint density at radius 1 is 1.42 bits per heavy atom. The van der Waals surface area contributed by atoms with Crippen molar-refractivity contribution < 1.29 is 9.53 Å². The molecule has 24 heavy (non-hydrogen) atoms. The fraction of sp³-hybridized carbons (Fsp3) is 0.333. The van der Waals surface area contributed by atoms with Crippen molar-refractivity contribution in [1.82, 2.24) is 14.9 Å². The number of likely N-dealkylation sites (tertiary alicyclic amines) is 1. The number of aromatic nitrogens is 2. The van der Waals surface area contributed by atoms with Crippen LogP contribution in [0.5, 0.6) is 5.75 Å². The number of nitrogens with zero attached hydrogens (tertiary/aromatic N) is 2. The van der Waals surface area contributed by atoms with Crippen LogP contribution in [-0.2, 0) is 0 Å². The Bertz CT molecular complexity index is 837. The summed E-state index contributed by atoms with van der Waals surface area (Å²) in [6.45, 7) is 1.51. The Hall–Kier alpha value is -2.34. The number of hydrogen-bond donors (Lipinski definition) is 1. The van der Waals surface area contributed by atoms with Gasteiger partial charge < -0.3 is 14.6 Å². The molecule has 1 amide bonds. The van der Waals surface area contributed by atoms with Crippen LogP contribution in [0.25, 0.3) is 11.0 Å². The molecule has 1 saturated heterocycles. The molecule has 1 N–H and O–H groups in total. The third kappa shape index (κ3) is 2.78. The van der Waals surface area contributed by atoms with Gasteiger partial charge in [0.2, 0.25) is 0 Å². The largest absolute Gasteiger partial charge is 0.496 e. The molecule has 0 unspecified atom stereocenters. The molecule has 5 nitrogen and oxygen atoms in total. The maximum atomic E-state index is 12.7. The minimum absolute atomic E-state index is 0.0871. The summed E-state index contributed by atoms with van der Waals surface area (Å²) in [6.07, 6.45) is 2.05. The molecule has 3 heterocycles. The van der Waals surface area contributed by atoms with E-state index in [0.717, 1.165) is 46.9 Å². The molecule has 4 rings (SSSR count). The minimum atomic E-state index is 0.0871. The van der Waals surface area contributed by atoms with Crippen molar-refractivity contribution in [3.63, 3.8) is 0 Å². The van der Waals surface area contributed by atoms with Gasteiger partial charge in [0.05, 0.1) is 23.0 Å². The van der Waals surface area contributed by atoms with Crippen molar-refractivity contribution in [2.24, 2.45) is 0 Å². The maximum absolute atomic E-state index is 12.7. The van der Waals surface area contributed by atoms with Crippen LogP contribution >= 0.6 is 11.3 Å². The van der Waals surface area contributed by atoms with Gasteiger partial charge in [0.25, 0.3) is 5.91 Å². The molecule has 0 spiro atoms. The summed E-state index contributed by atoms with van der Waals surface area (Å²) in [7, 11) is 1.62. The normalized spacial score (nSPS) is 18.0. The molecule has 1 aliphatic rings. The Morgan fingerprint density at radius 3 is 3.08 bits per heavy atom. The van der Waals surface area contributed by atoms with Crippen molar-refractivity contribution in [1.29, 1.82) is 0 Å². The number of methoxy groups -OCH3 is 1. The summed E-state index contributed by atoms with van der Waals surface area (Å²) in [4.78, 5) is 23.5. The van der Waals surface area contributed by atoms with E-state index < -0.39 is 0 Å². The number of ether oxygens (including phenoxy) is 1. The first kappa shape index (κ1) is 15.2. The van der Waals surface area contributed by atoms with Crippen molar-refractivity contribution in [2.75, 3.05) is 20.2 Å². The molecule has 0 bridgehead atoms. The SMILES string of the molecule is COc1csc(C(=O)N2CCC[C@@H](c3nc4ccccc4[nH]3)C2)c1. The predicted molar refractivity (Wildman–Crippen MR) is 94.8 cm³/mol. The minimum Gasteiger partial charge on any atom is -0.496 e. The second kappa shape index (κ2) is 6.28. The first-order chi connectivity index (χ1) is 11.7. The van der Waals surface area contributed by atoms with E-state index in [1.165, 1.54) is 11.3 Å². The molecule has 1 atom stereocenters. The highest BCUT2D eigenvalue weighted by Crippen LogP contribution is 2.29. The number of thiophene rings is 1. The molecule has 1 aromatic carbocycles. The number of imidazole rings is 1. The van der Waals surface area contributed by atoms with Gasteiger partial charge in [0.1, 0.15) is 11.6 Å². The molecular weight excluding hydrogens is 322 g/mol. The number of carbonyl (C=O) groups excluding carboxylic acids is 1. The van der Waals surface area contributed by atoms with E-state index >= 15 is 0 Å². The second-order valence-electron chi connectivity index (χ2n) is 6.08. The second-order valence-corrected chi connectivity index (χ2v) is 6.99. The number of aromatic amines is 1. The van der Waals surface area contributed by atoms with Gasteiger partial charge in [-0.25, -0.2) is 4.98 Å². The Morgan fingerprint density at radius 2 is 2.29 bits per heavy atom. The zero-order valence-electron chi connectivity index (χ0n) is 13.5. The van der Waals surface area contributed by atoms with Crippen LogP contribution in [0.1, 0.15) is 34.3 Å². The number of para-hydroxylation sites is 2. The van der Waals surface area contributed by atoms with Gasteiger partial charge in [0, 0.05) is 30.5 Å². The number of amides is 1. The van der Waals surface area contributed by atoms with E-state index in [9.17, 15) is 4.79 Å². The summed E-state index contributed by atoms with van der Waals surface area (Å²) in [5, 5.41) is 1.87. The quantitative estimate of drug-likeness (QED) is 0.791. The van der Waals surface area contributed by atoms with Crippen LogP contribution < -0.4 is 4.74 Å². The summed E-state index contributed by atoms with van der Waals surface area (Å²) in [5.41, 5.74) is 2.04. The molecule has 1 aliphatic heterocycles. The molecule has 6 heteroatoms. The van der Waals surface area contributed by atoms with Crippen molar-refractivity contribution in [2.45, 2.75) is 18.8 Å². The fourth-order valence-corrected chi connectivity index (χ4v) is 4.07. The Balaban J connectivity index is 1.53. The molecule has 1 fully saturated rings. The van der Waals surface area contributed by atoms with Gasteiger partial charge in [-0.05, 0) is 25.0 Å². The number of fused-ring (bicyclic) bond motifs is 1. The van der Waals surface area contributed by atoms with Gasteiger partial charge in [-0.15, -0.1) is 11.3 Å². The standard InChI is InChI=1S/C18H19N3O2S/c1-23-13-9-16(24-11-13)18(22)21-8-4-5-12(10-21)17-19-14-6-2-3-7-15(14)20-17/h2-3,6-7,9,11-12H,4-5,8,10H2,1H3,(H,19,20)/t12-/m1/s1. The average molecular weight is 341 g/mol. The van der Waals surface area contributed by atoms with E-state index in [4.69, 9.17) is 9.72 Å². The van der Waals surface area contributed by atoms with Gasteiger partial charge in [-0.3, -0.25) is 4.79 Å². The lowest BCUT2D eigenvalue weighted by atomic mass is 9.97. The van der Waals surface area contributed by atoms with Crippen LogP contribution in [-0.4, -0.2) is 41.0 Å². The van der Waals surface area contributed by atoms with E-state index in [2.05, 4.69) is 4.98 Å². The summed E-state index contributed by atoms with van der Waals surface area (Å²) >= 11 is 1.44. The Labute approximate surface area is 144 Å². The number of hydrogen-bond acceptors (Lipinski definition) is 4. The predicted octanol–water partition coefficient (Wildman–Crippen LogP) is 3.65. The van der Waals surface area contributed by atoms with E-state index in [0.29, 0.717) is 6.54 Å². The lowest BCUT2D eigenvalue weighted by Gasteiger charge is -2.31. The summed E-state index contributed by atoms with van der Waals surface area (Å²) in [6, 6.07) is 9.87. The molecule has 3 aromatic rings. The third-order valence-electron chi connectivity index (χ3n) is 4.52. The number of carbonyl (C=O) groups is 1. The molecule has 0 saturated carbocycles. The zero-order valence-corrected chi connectivity index (χ0v) is 14.3. The topological polar surface area (TPSA) is 58.2 Å². The molecule has 0 aliphatic carbocycles. The van der Waals surface area contributed by atoms with Gasteiger partial charge in [0.15, 0.2) is 0 Å². The van der Waals surface area contributed by atoms with Crippen LogP contribution in [0.15, 0.2) is 35.7 Å². The van der Waals surface area contributed by atoms with Crippen LogP contribution in [0.2, 0.25) is 0 Å². The highest BCUT2D eigenvalue weighted by Gasteiger charge is 2.28. The van der Waals surface area contributed by atoms with Crippen molar-refractivity contribution in [3.8, 4) is 5.75 Å². The number of benzene rings is 1. The van der Waals surface area contributed by atoms with Crippen LogP contribution in [0.4, 0.5) is 0 Å². The number of rotatable bonds is 3. The van der Waals surface area contributed by atoms with Crippen molar-refractivity contribution in [3.05, 3.63) is 46.4 Å². The van der Waals surface area contributed by atoms with Gasteiger partial charge in [-0.2, -0.15) is 0 Å². The average Bonchev–Trinajstić information content (AvgIpc) is 3.28. The highest BCUT2D eigenvalue weighted by atomic mass is 32.1. The first-order valence-electron chi connectivity index (χ1n) is 8.11. The van der Waals surface area contributed by atoms with Gasteiger partial charge >= 0.3 is 0 Å². The smallest absolute Gasteiger partial charge is 0.264 e.